The highest BCUT2D eigenvalue weighted by atomic mass is 16.7. The van der Waals surface area contributed by atoms with Crippen molar-refractivity contribution in [3.8, 4) is 0 Å². The molecule has 1 N–H and O–H groups in total. The molecule has 4 fully saturated rings. The Hall–Kier alpha value is -0.690. The molecule has 0 bridgehead atoms. The van der Waals surface area contributed by atoms with Gasteiger partial charge in [-0.2, -0.15) is 0 Å². The van der Waals surface area contributed by atoms with Crippen molar-refractivity contribution in [2.75, 3.05) is 26.4 Å². The largest absolute Gasteiger partial charge is 0.481 e. The lowest BCUT2D eigenvalue weighted by Gasteiger charge is -2.34. The molecule has 0 unspecified atom stereocenters. The zero-order valence-electron chi connectivity index (χ0n) is 16.0. The van der Waals surface area contributed by atoms with Crippen molar-refractivity contribution in [3.05, 3.63) is 0 Å². The maximum absolute atomic E-state index is 10.5. The van der Waals surface area contributed by atoms with E-state index in [2.05, 4.69) is 6.92 Å². The second kappa shape index (κ2) is 9.00. The van der Waals surface area contributed by atoms with Crippen molar-refractivity contribution in [3.63, 3.8) is 0 Å². The van der Waals surface area contributed by atoms with E-state index in [0.29, 0.717) is 19.1 Å². The van der Waals surface area contributed by atoms with Gasteiger partial charge in [-0.05, 0) is 37.5 Å². The van der Waals surface area contributed by atoms with Crippen LogP contribution >= 0.6 is 0 Å². The molecular weight excluding hydrogens is 336 g/mol. The third-order valence-corrected chi connectivity index (χ3v) is 6.40. The molecule has 4 rings (SSSR count). The molecule has 2 aliphatic heterocycles. The summed E-state index contributed by atoms with van der Waals surface area (Å²) in [5.74, 6) is 0.0364. The number of rotatable bonds is 3. The Labute approximate surface area is 156 Å². The Balaban J connectivity index is 0.000000152. The van der Waals surface area contributed by atoms with Crippen LogP contribution in [0.15, 0.2) is 0 Å². The first-order valence-electron chi connectivity index (χ1n) is 10.3. The van der Waals surface area contributed by atoms with E-state index in [1.807, 2.05) is 0 Å². The fourth-order valence-corrected chi connectivity index (χ4v) is 4.67. The van der Waals surface area contributed by atoms with Gasteiger partial charge in [0.05, 0.1) is 26.4 Å². The van der Waals surface area contributed by atoms with E-state index in [1.54, 1.807) is 0 Å². The van der Waals surface area contributed by atoms with Crippen LogP contribution in [0.1, 0.15) is 71.1 Å². The summed E-state index contributed by atoms with van der Waals surface area (Å²) in [6.45, 7) is 5.25. The highest BCUT2D eigenvalue weighted by Gasteiger charge is 2.41. The first kappa shape index (κ1) is 20.1. The molecule has 2 aliphatic carbocycles. The minimum Gasteiger partial charge on any atom is -0.481 e. The van der Waals surface area contributed by atoms with E-state index in [1.165, 1.54) is 19.3 Å². The number of hydrogen-bond donors (Lipinski definition) is 1. The van der Waals surface area contributed by atoms with Crippen LogP contribution in [-0.2, 0) is 23.7 Å². The molecular formula is C20H34O6. The van der Waals surface area contributed by atoms with Crippen LogP contribution in [0.3, 0.4) is 0 Å². The smallest absolute Gasteiger partial charge is 0.303 e. The fraction of sp³-hybridized carbons (Fsp3) is 0.950. The lowest BCUT2D eigenvalue weighted by atomic mass is 9.83. The van der Waals surface area contributed by atoms with Gasteiger partial charge in [0.2, 0.25) is 0 Å². The molecule has 0 aromatic rings. The van der Waals surface area contributed by atoms with Gasteiger partial charge in [0.25, 0.3) is 0 Å². The van der Waals surface area contributed by atoms with Crippen molar-refractivity contribution in [1.82, 2.24) is 0 Å². The highest BCUT2D eigenvalue weighted by molar-refractivity contribution is 5.67. The molecule has 6 heteroatoms. The van der Waals surface area contributed by atoms with E-state index < -0.39 is 5.97 Å². The van der Waals surface area contributed by atoms with Crippen LogP contribution in [0.2, 0.25) is 0 Å². The Morgan fingerprint density at radius 1 is 0.808 bits per heavy atom. The third kappa shape index (κ3) is 5.18. The van der Waals surface area contributed by atoms with E-state index in [9.17, 15) is 4.79 Å². The quantitative estimate of drug-likeness (QED) is 0.816. The van der Waals surface area contributed by atoms with Gasteiger partial charge in [0.15, 0.2) is 11.6 Å². The summed E-state index contributed by atoms with van der Waals surface area (Å²) in [6, 6.07) is 0. The topological polar surface area (TPSA) is 74.2 Å². The molecule has 0 atom stereocenters. The van der Waals surface area contributed by atoms with Crippen LogP contribution < -0.4 is 0 Å². The summed E-state index contributed by atoms with van der Waals surface area (Å²) in [5, 5.41) is 8.66. The summed E-state index contributed by atoms with van der Waals surface area (Å²) < 4.78 is 22.4. The Morgan fingerprint density at radius 3 is 1.54 bits per heavy atom. The summed E-state index contributed by atoms with van der Waals surface area (Å²) >= 11 is 0. The highest BCUT2D eigenvalue weighted by Crippen LogP contribution is 2.40. The van der Waals surface area contributed by atoms with Gasteiger partial charge in [-0.3, -0.25) is 4.79 Å². The Kier molecular flexibility index (Phi) is 6.94. The van der Waals surface area contributed by atoms with Crippen molar-refractivity contribution >= 4 is 5.97 Å². The maximum Gasteiger partial charge on any atom is 0.303 e. The van der Waals surface area contributed by atoms with Crippen molar-refractivity contribution in [1.29, 1.82) is 0 Å². The van der Waals surface area contributed by atoms with Gasteiger partial charge in [-0.15, -0.1) is 0 Å². The number of aliphatic carboxylic acids is 1. The zero-order valence-corrected chi connectivity index (χ0v) is 16.0. The lowest BCUT2D eigenvalue weighted by Crippen LogP contribution is -2.35. The Bertz CT molecular complexity index is 433. The summed E-state index contributed by atoms with van der Waals surface area (Å²) in [5.41, 5.74) is 0. The number of ether oxygens (including phenoxy) is 4. The Morgan fingerprint density at radius 2 is 1.19 bits per heavy atom. The summed E-state index contributed by atoms with van der Waals surface area (Å²) in [4.78, 5) is 10.5. The van der Waals surface area contributed by atoms with Gasteiger partial charge in [-0.1, -0.05) is 13.3 Å². The number of carbonyl (C=O) groups is 1. The molecule has 0 amide bonds. The lowest BCUT2D eigenvalue weighted by molar-refractivity contribution is -0.183. The standard InChI is InChI=1S/C10H16O4.C10H18O2/c11-9(12)7-8-1-3-10(4-2-8)13-5-6-14-10;1-2-9-3-5-10(6-4-9)11-7-8-12-10/h8H,1-7H2,(H,11,12);9H,2-8H2,1H3. The fourth-order valence-electron chi connectivity index (χ4n) is 4.67. The van der Waals surface area contributed by atoms with E-state index in [4.69, 9.17) is 24.1 Å². The molecule has 2 spiro atoms. The average Bonchev–Trinajstić information content (AvgIpc) is 3.29. The first-order chi connectivity index (χ1) is 12.5. The van der Waals surface area contributed by atoms with Gasteiger partial charge in [0.1, 0.15) is 0 Å². The first-order valence-corrected chi connectivity index (χ1v) is 10.3. The van der Waals surface area contributed by atoms with Crippen LogP contribution in [0.4, 0.5) is 0 Å². The summed E-state index contributed by atoms with van der Waals surface area (Å²) in [7, 11) is 0. The molecule has 4 aliphatic rings. The molecule has 26 heavy (non-hydrogen) atoms. The van der Waals surface area contributed by atoms with Crippen molar-refractivity contribution in [2.45, 2.75) is 82.7 Å². The van der Waals surface area contributed by atoms with Gasteiger partial charge in [0, 0.05) is 32.1 Å². The molecule has 2 saturated heterocycles. The van der Waals surface area contributed by atoms with Gasteiger partial charge in [-0.25, -0.2) is 0 Å². The van der Waals surface area contributed by atoms with E-state index in [-0.39, 0.29) is 18.0 Å². The van der Waals surface area contributed by atoms with Gasteiger partial charge < -0.3 is 24.1 Å². The second-order valence-corrected chi connectivity index (χ2v) is 8.11. The number of carboxylic acid groups (broad SMARTS) is 1. The predicted molar refractivity (Wildman–Crippen MR) is 95.7 cm³/mol. The number of carboxylic acids is 1. The monoisotopic (exact) mass is 370 g/mol. The SMILES string of the molecule is CCC1CCC2(CC1)OCCO2.O=C(O)CC1CCC2(CC1)OCCO2. The number of hydrogen-bond acceptors (Lipinski definition) is 5. The van der Waals surface area contributed by atoms with E-state index >= 15 is 0 Å². The van der Waals surface area contributed by atoms with Crippen LogP contribution in [0.25, 0.3) is 0 Å². The van der Waals surface area contributed by atoms with Crippen LogP contribution in [0.5, 0.6) is 0 Å². The van der Waals surface area contributed by atoms with E-state index in [0.717, 1.165) is 57.7 Å². The minimum absolute atomic E-state index is 0.147. The maximum atomic E-state index is 10.5. The second-order valence-electron chi connectivity index (χ2n) is 8.11. The minimum atomic E-state index is -0.695. The molecule has 6 nitrogen and oxygen atoms in total. The molecule has 2 saturated carbocycles. The molecule has 150 valence electrons. The molecule has 2 heterocycles. The van der Waals surface area contributed by atoms with Crippen molar-refractivity contribution in [2.24, 2.45) is 11.8 Å². The zero-order chi connectivity index (χ0) is 18.5. The summed E-state index contributed by atoms with van der Waals surface area (Å²) in [6.07, 6.45) is 9.94. The van der Waals surface area contributed by atoms with Crippen LogP contribution in [0, 0.1) is 11.8 Å². The molecule has 0 aromatic carbocycles. The molecule has 0 radical (unpaired) electrons. The van der Waals surface area contributed by atoms with Gasteiger partial charge >= 0.3 is 5.97 Å². The average molecular weight is 370 g/mol. The van der Waals surface area contributed by atoms with Crippen molar-refractivity contribution < 1.29 is 28.8 Å². The third-order valence-electron chi connectivity index (χ3n) is 6.40. The molecule has 0 aromatic heterocycles. The predicted octanol–water partition coefficient (Wildman–Crippen LogP) is 3.72. The van der Waals surface area contributed by atoms with Crippen LogP contribution in [-0.4, -0.2) is 49.1 Å². The normalized spacial score (nSPS) is 30.3.